The highest BCUT2D eigenvalue weighted by Gasteiger charge is 2.26. The zero-order valence-electron chi connectivity index (χ0n) is 22.8. The second-order valence-electron chi connectivity index (χ2n) is 9.30. The van der Waals surface area contributed by atoms with Crippen LogP contribution in [0.1, 0.15) is 9.67 Å². The smallest absolute Gasteiger partial charge is 0.264 e. The predicted molar refractivity (Wildman–Crippen MR) is 158 cm³/mol. The lowest BCUT2D eigenvalue weighted by Gasteiger charge is -2.36. The van der Waals surface area contributed by atoms with Gasteiger partial charge in [-0.2, -0.15) is 0 Å². The second-order valence-corrected chi connectivity index (χ2v) is 12.4. The highest BCUT2D eigenvalue weighted by molar-refractivity contribution is 7.92. The maximum absolute atomic E-state index is 13.4. The van der Waals surface area contributed by atoms with Crippen molar-refractivity contribution in [2.45, 2.75) is 4.90 Å². The Balaban J connectivity index is 1.30. The summed E-state index contributed by atoms with van der Waals surface area (Å²) < 4.78 is 44.6. The Morgan fingerprint density at radius 3 is 2.17 bits per heavy atom. The molecule has 1 aliphatic rings. The molecule has 0 radical (unpaired) electrons. The van der Waals surface area contributed by atoms with Gasteiger partial charge in [0, 0.05) is 49.7 Å². The average molecular weight is 582 g/mol. The van der Waals surface area contributed by atoms with Gasteiger partial charge < -0.3 is 24.0 Å². The van der Waals surface area contributed by atoms with E-state index in [2.05, 4.69) is 4.90 Å². The third kappa shape index (κ3) is 5.26. The van der Waals surface area contributed by atoms with Crippen LogP contribution in [-0.4, -0.2) is 73.8 Å². The minimum atomic E-state index is -3.86. The Kier molecular flexibility index (Phi) is 7.77. The zero-order chi connectivity index (χ0) is 28.4. The van der Waals surface area contributed by atoms with E-state index in [4.69, 9.17) is 14.2 Å². The fourth-order valence-corrected chi connectivity index (χ4v) is 6.94. The molecular formula is C29H31N3O6S2. The van der Waals surface area contributed by atoms with Gasteiger partial charge in [-0.05, 0) is 66.0 Å². The minimum absolute atomic E-state index is 0.0107. The predicted octanol–water partition coefficient (Wildman–Crippen LogP) is 4.71. The van der Waals surface area contributed by atoms with Gasteiger partial charge in [0.15, 0.2) is 11.5 Å². The number of benzene rings is 3. The maximum atomic E-state index is 13.4. The zero-order valence-corrected chi connectivity index (χ0v) is 24.4. The summed E-state index contributed by atoms with van der Waals surface area (Å²) >= 11 is 1.42. The van der Waals surface area contributed by atoms with Crippen LogP contribution in [0.25, 0.3) is 10.1 Å². The summed E-state index contributed by atoms with van der Waals surface area (Å²) in [5, 5.41) is 0.817. The van der Waals surface area contributed by atoms with Gasteiger partial charge in [0.1, 0.15) is 5.75 Å². The molecule has 1 aromatic heterocycles. The highest BCUT2D eigenvalue weighted by Crippen LogP contribution is 2.34. The Bertz CT molecular complexity index is 1630. The van der Waals surface area contributed by atoms with Crippen LogP contribution >= 0.6 is 11.3 Å². The minimum Gasteiger partial charge on any atom is -0.497 e. The molecule has 1 saturated heterocycles. The van der Waals surface area contributed by atoms with E-state index in [9.17, 15) is 13.2 Å². The number of hydrogen-bond donors (Lipinski definition) is 0. The molecule has 0 N–H and O–H groups in total. The molecule has 0 saturated carbocycles. The molecule has 9 nitrogen and oxygen atoms in total. The third-order valence-electron chi connectivity index (χ3n) is 7.09. The van der Waals surface area contributed by atoms with Crippen LogP contribution in [0, 0.1) is 0 Å². The van der Waals surface area contributed by atoms with E-state index in [-0.39, 0.29) is 10.8 Å². The largest absolute Gasteiger partial charge is 0.497 e. The third-order valence-corrected chi connectivity index (χ3v) is 9.98. The summed E-state index contributed by atoms with van der Waals surface area (Å²) in [6, 6.07) is 19.7. The number of methoxy groups -OCH3 is 3. The maximum Gasteiger partial charge on any atom is 0.264 e. The Hall–Kier alpha value is -3.96. The van der Waals surface area contributed by atoms with Gasteiger partial charge in [-0.25, -0.2) is 8.42 Å². The van der Waals surface area contributed by atoms with E-state index in [1.807, 2.05) is 41.3 Å². The monoisotopic (exact) mass is 581 g/mol. The first-order valence-corrected chi connectivity index (χ1v) is 14.9. The van der Waals surface area contributed by atoms with Gasteiger partial charge in [-0.3, -0.25) is 9.10 Å². The standard InChI is InChI=1S/C29H31N3O6S2/c1-30(40(34,35)24-10-11-25(37-3)26(19-24)38-4)22-7-12-27-20(17-22)18-28(39-27)29(33)32-15-13-31(14-16-32)21-5-8-23(36-2)9-6-21/h5-12,17-19H,13-16H2,1-4H3. The van der Waals surface area contributed by atoms with Gasteiger partial charge >= 0.3 is 0 Å². The lowest BCUT2D eigenvalue weighted by atomic mass is 10.2. The van der Waals surface area contributed by atoms with E-state index in [0.717, 1.165) is 34.6 Å². The lowest BCUT2D eigenvalue weighted by molar-refractivity contribution is 0.0751. The number of amides is 1. The van der Waals surface area contributed by atoms with Crippen LogP contribution in [0.5, 0.6) is 17.2 Å². The Morgan fingerprint density at radius 2 is 1.52 bits per heavy atom. The number of piperazine rings is 1. The summed E-state index contributed by atoms with van der Waals surface area (Å²) in [6.45, 7) is 2.73. The first-order chi connectivity index (χ1) is 19.2. The van der Waals surface area contributed by atoms with Crippen molar-refractivity contribution in [1.29, 1.82) is 0 Å². The molecule has 1 amide bonds. The van der Waals surface area contributed by atoms with Crippen molar-refractivity contribution >= 4 is 48.7 Å². The molecule has 4 aromatic rings. The van der Waals surface area contributed by atoms with Gasteiger partial charge in [0.2, 0.25) is 0 Å². The fourth-order valence-electron chi connectivity index (χ4n) is 4.72. The van der Waals surface area contributed by atoms with Crippen molar-refractivity contribution in [2.24, 2.45) is 0 Å². The molecule has 11 heteroatoms. The topological polar surface area (TPSA) is 88.6 Å². The number of ether oxygens (including phenoxy) is 3. The molecule has 0 unspecified atom stereocenters. The molecule has 5 rings (SSSR count). The number of thiophene rings is 1. The van der Waals surface area contributed by atoms with E-state index >= 15 is 0 Å². The van der Waals surface area contributed by atoms with Gasteiger partial charge in [0.05, 0.1) is 36.8 Å². The van der Waals surface area contributed by atoms with E-state index < -0.39 is 10.0 Å². The molecule has 40 heavy (non-hydrogen) atoms. The van der Waals surface area contributed by atoms with Gasteiger partial charge in [-0.15, -0.1) is 11.3 Å². The SMILES string of the molecule is COc1ccc(N2CCN(C(=O)c3cc4cc(N(C)S(=O)(=O)c5ccc(OC)c(OC)c5)ccc4s3)CC2)cc1. The molecule has 1 aliphatic heterocycles. The average Bonchev–Trinajstić information content (AvgIpc) is 3.43. The van der Waals surface area contributed by atoms with E-state index in [0.29, 0.717) is 35.2 Å². The van der Waals surface area contributed by atoms with Crippen molar-refractivity contribution in [2.75, 3.05) is 63.8 Å². The summed E-state index contributed by atoms with van der Waals surface area (Å²) in [5.41, 5.74) is 1.60. The molecule has 0 spiro atoms. The number of rotatable bonds is 8. The van der Waals surface area contributed by atoms with Crippen molar-refractivity contribution in [3.8, 4) is 17.2 Å². The van der Waals surface area contributed by atoms with Crippen LogP contribution in [0.3, 0.4) is 0 Å². The van der Waals surface area contributed by atoms with Crippen LogP contribution in [0.2, 0.25) is 0 Å². The van der Waals surface area contributed by atoms with E-state index in [1.54, 1.807) is 25.3 Å². The summed E-state index contributed by atoms with van der Waals surface area (Å²) in [5.74, 6) is 1.58. The molecule has 210 valence electrons. The van der Waals surface area contributed by atoms with Gasteiger partial charge in [0.25, 0.3) is 15.9 Å². The number of carbonyl (C=O) groups excluding carboxylic acids is 1. The molecule has 0 bridgehead atoms. The number of fused-ring (bicyclic) bond motifs is 1. The first-order valence-electron chi connectivity index (χ1n) is 12.7. The summed E-state index contributed by atoms with van der Waals surface area (Å²) in [7, 11) is 2.25. The molecule has 0 atom stereocenters. The Morgan fingerprint density at radius 1 is 0.825 bits per heavy atom. The van der Waals surface area contributed by atoms with E-state index in [1.165, 1.54) is 49.0 Å². The molecule has 1 fully saturated rings. The van der Waals surface area contributed by atoms with Crippen molar-refractivity contribution in [3.63, 3.8) is 0 Å². The van der Waals surface area contributed by atoms with Crippen molar-refractivity contribution in [1.82, 2.24) is 4.90 Å². The number of anilines is 2. The summed E-state index contributed by atoms with van der Waals surface area (Å²) in [6.07, 6.45) is 0. The van der Waals surface area contributed by atoms with Gasteiger partial charge in [-0.1, -0.05) is 0 Å². The van der Waals surface area contributed by atoms with Crippen LogP contribution in [-0.2, 0) is 10.0 Å². The number of carbonyl (C=O) groups is 1. The van der Waals surface area contributed by atoms with Crippen molar-refractivity contribution in [3.05, 3.63) is 71.6 Å². The fraction of sp³-hybridized carbons (Fsp3) is 0.276. The molecule has 2 heterocycles. The second kappa shape index (κ2) is 11.3. The number of nitrogens with zero attached hydrogens (tertiary/aromatic N) is 3. The lowest BCUT2D eigenvalue weighted by Crippen LogP contribution is -2.48. The summed E-state index contributed by atoms with van der Waals surface area (Å²) in [4.78, 5) is 18.2. The van der Waals surface area contributed by atoms with Crippen molar-refractivity contribution < 1.29 is 27.4 Å². The molecular weight excluding hydrogens is 550 g/mol. The van der Waals surface area contributed by atoms with Crippen LogP contribution < -0.4 is 23.4 Å². The quantitative estimate of drug-likeness (QED) is 0.298. The van der Waals surface area contributed by atoms with Crippen LogP contribution in [0.4, 0.5) is 11.4 Å². The number of sulfonamides is 1. The first kappa shape index (κ1) is 27.6. The Labute approximate surface area is 238 Å². The number of hydrogen-bond acceptors (Lipinski definition) is 8. The molecule has 3 aromatic carbocycles. The van der Waals surface area contributed by atoms with Crippen LogP contribution in [0.15, 0.2) is 71.6 Å². The highest BCUT2D eigenvalue weighted by atomic mass is 32.2. The normalized spacial score (nSPS) is 13.8. The molecule has 0 aliphatic carbocycles.